The summed E-state index contributed by atoms with van der Waals surface area (Å²) < 4.78 is 2.15. The van der Waals surface area contributed by atoms with Gasteiger partial charge in [0, 0.05) is 19.1 Å². The molecule has 1 fully saturated rings. The van der Waals surface area contributed by atoms with Crippen LogP contribution in [-0.4, -0.2) is 40.4 Å². The molecular weight excluding hydrogens is 260 g/mol. The summed E-state index contributed by atoms with van der Waals surface area (Å²) in [5.41, 5.74) is 2.50. The van der Waals surface area contributed by atoms with Gasteiger partial charge in [0.2, 0.25) is 0 Å². The summed E-state index contributed by atoms with van der Waals surface area (Å²) in [6.45, 7) is 14.5. The Morgan fingerprint density at radius 3 is 2.67 bits per heavy atom. The number of nitrogens with zero attached hydrogens (tertiary/aromatic N) is 3. The molecule has 0 spiro atoms. The highest BCUT2D eigenvalue weighted by Crippen LogP contribution is 2.22. The molecular formula is C17H32N4. The van der Waals surface area contributed by atoms with Crippen LogP contribution in [0.3, 0.4) is 0 Å². The zero-order valence-electron chi connectivity index (χ0n) is 14.2. The number of hydrogen-bond donors (Lipinski definition) is 1. The van der Waals surface area contributed by atoms with Gasteiger partial charge in [0.25, 0.3) is 0 Å². The standard InChI is InChI=1S/C17H32N4/c1-5-9-18-15(4)16-7-10-20(11-8-16)13-17-12-14(3)19-21(17)6-2/h12,15-16,18H,5-11,13H2,1-4H3. The Hall–Kier alpha value is -0.870. The molecule has 1 aromatic rings. The molecule has 0 aromatic carbocycles. The molecule has 1 atom stereocenters. The molecule has 0 saturated carbocycles. The number of rotatable bonds is 7. The molecule has 0 amide bonds. The van der Waals surface area contributed by atoms with Gasteiger partial charge in [-0.15, -0.1) is 0 Å². The minimum atomic E-state index is 0.663. The van der Waals surface area contributed by atoms with E-state index < -0.39 is 0 Å². The van der Waals surface area contributed by atoms with Crippen LogP contribution in [0.25, 0.3) is 0 Å². The van der Waals surface area contributed by atoms with Crippen LogP contribution in [0.2, 0.25) is 0 Å². The molecule has 1 aliphatic heterocycles. The van der Waals surface area contributed by atoms with Gasteiger partial charge in [-0.2, -0.15) is 5.10 Å². The van der Waals surface area contributed by atoms with Crippen LogP contribution in [0.4, 0.5) is 0 Å². The van der Waals surface area contributed by atoms with Gasteiger partial charge in [-0.25, -0.2) is 0 Å². The lowest BCUT2D eigenvalue weighted by Gasteiger charge is -2.35. The molecule has 0 radical (unpaired) electrons. The van der Waals surface area contributed by atoms with Crippen LogP contribution in [0.1, 0.15) is 51.4 Å². The molecule has 1 unspecified atom stereocenters. The van der Waals surface area contributed by atoms with Crippen molar-refractivity contribution < 1.29 is 0 Å². The van der Waals surface area contributed by atoms with Crippen molar-refractivity contribution in [2.24, 2.45) is 5.92 Å². The fraction of sp³-hybridized carbons (Fsp3) is 0.824. The van der Waals surface area contributed by atoms with Gasteiger partial charge >= 0.3 is 0 Å². The first-order valence-corrected chi connectivity index (χ1v) is 8.63. The SMILES string of the molecule is CCCNC(C)C1CCN(Cc2cc(C)nn2CC)CC1. The maximum atomic E-state index is 4.55. The smallest absolute Gasteiger partial charge is 0.0597 e. The Morgan fingerprint density at radius 2 is 2.05 bits per heavy atom. The second kappa shape index (κ2) is 7.95. The molecule has 2 rings (SSSR count). The zero-order chi connectivity index (χ0) is 15.2. The largest absolute Gasteiger partial charge is 0.314 e. The van der Waals surface area contributed by atoms with Gasteiger partial charge < -0.3 is 5.32 Å². The number of aromatic nitrogens is 2. The Labute approximate surface area is 129 Å². The lowest BCUT2D eigenvalue weighted by molar-refractivity contribution is 0.153. The highest BCUT2D eigenvalue weighted by atomic mass is 15.3. The van der Waals surface area contributed by atoms with E-state index in [2.05, 4.69) is 53.8 Å². The maximum absolute atomic E-state index is 4.55. The first-order valence-electron chi connectivity index (χ1n) is 8.63. The van der Waals surface area contributed by atoms with Crippen molar-refractivity contribution in [3.8, 4) is 0 Å². The molecule has 4 heteroatoms. The normalized spacial score (nSPS) is 19.0. The Balaban J connectivity index is 1.81. The molecule has 120 valence electrons. The predicted molar refractivity (Wildman–Crippen MR) is 88.4 cm³/mol. The molecule has 2 heterocycles. The van der Waals surface area contributed by atoms with Gasteiger partial charge in [-0.05, 0) is 71.7 Å². The molecule has 1 aliphatic rings. The van der Waals surface area contributed by atoms with E-state index in [4.69, 9.17) is 0 Å². The quantitative estimate of drug-likeness (QED) is 0.839. The van der Waals surface area contributed by atoms with E-state index in [9.17, 15) is 0 Å². The monoisotopic (exact) mass is 292 g/mol. The third-order valence-corrected chi connectivity index (χ3v) is 4.73. The Kier molecular flexibility index (Phi) is 6.24. The first-order chi connectivity index (χ1) is 10.1. The van der Waals surface area contributed by atoms with E-state index in [1.54, 1.807) is 0 Å². The second-order valence-corrected chi connectivity index (χ2v) is 6.45. The van der Waals surface area contributed by atoms with Crippen LogP contribution in [0.15, 0.2) is 6.07 Å². The van der Waals surface area contributed by atoms with Crippen LogP contribution >= 0.6 is 0 Å². The Bertz CT molecular complexity index is 418. The molecule has 1 aromatic heterocycles. The summed E-state index contributed by atoms with van der Waals surface area (Å²) in [5.74, 6) is 0.839. The summed E-state index contributed by atoms with van der Waals surface area (Å²) in [6, 6.07) is 2.90. The van der Waals surface area contributed by atoms with Crippen molar-refractivity contribution in [2.45, 2.75) is 66.1 Å². The van der Waals surface area contributed by atoms with E-state index in [1.807, 2.05) is 0 Å². The molecule has 4 nitrogen and oxygen atoms in total. The molecule has 0 aliphatic carbocycles. The average Bonchev–Trinajstić information content (AvgIpc) is 2.85. The summed E-state index contributed by atoms with van der Waals surface area (Å²) in [7, 11) is 0. The van der Waals surface area contributed by atoms with Crippen LogP contribution in [0, 0.1) is 12.8 Å². The predicted octanol–water partition coefficient (Wildman–Crippen LogP) is 2.81. The lowest BCUT2D eigenvalue weighted by Crippen LogP contribution is -2.42. The number of nitrogens with one attached hydrogen (secondary N) is 1. The van der Waals surface area contributed by atoms with Crippen molar-refractivity contribution in [3.05, 3.63) is 17.5 Å². The number of hydrogen-bond acceptors (Lipinski definition) is 3. The van der Waals surface area contributed by atoms with Crippen molar-refractivity contribution >= 4 is 0 Å². The van der Waals surface area contributed by atoms with Crippen LogP contribution in [-0.2, 0) is 13.1 Å². The number of likely N-dealkylation sites (tertiary alicyclic amines) is 1. The third kappa shape index (κ3) is 4.55. The first kappa shape index (κ1) is 16.5. The van der Waals surface area contributed by atoms with E-state index in [0.29, 0.717) is 6.04 Å². The van der Waals surface area contributed by atoms with Crippen molar-refractivity contribution in [1.29, 1.82) is 0 Å². The topological polar surface area (TPSA) is 33.1 Å². The van der Waals surface area contributed by atoms with Gasteiger partial charge in [0.05, 0.1) is 11.4 Å². The maximum Gasteiger partial charge on any atom is 0.0597 e. The van der Waals surface area contributed by atoms with Gasteiger partial charge in [-0.3, -0.25) is 9.58 Å². The van der Waals surface area contributed by atoms with E-state index in [-0.39, 0.29) is 0 Å². The van der Waals surface area contributed by atoms with E-state index in [1.165, 1.54) is 38.0 Å². The Morgan fingerprint density at radius 1 is 1.33 bits per heavy atom. The minimum absolute atomic E-state index is 0.663. The molecule has 21 heavy (non-hydrogen) atoms. The van der Waals surface area contributed by atoms with Crippen LogP contribution in [0.5, 0.6) is 0 Å². The van der Waals surface area contributed by atoms with Crippen molar-refractivity contribution in [1.82, 2.24) is 20.0 Å². The van der Waals surface area contributed by atoms with Crippen molar-refractivity contribution in [2.75, 3.05) is 19.6 Å². The van der Waals surface area contributed by atoms with Gasteiger partial charge in [0.15, 0.2) is 0 Å². The summed E-state index contributed by atoms with van der Waals surface area (Å²) >= 11 is 0. The lowest BCUT2D eigenvalue weighted by atomic mass is 9.90. The summed E-state index contributed by atoms with van der Waals surface area (Å²) in [5, 5.41) is 8.21. The average molecular weight is 292 g/mol. The van der Waals surface area contributed by atoms with E-state index in [0.717, 1.165) is 31.2 Å². The highest BCUT2D eigenvalue weighted by Gasteiger charge is 2.24. The summed E-state index contributed by atoms with van der Waals surface area (Å²) in [6.07, 6.45) is 3.86. The van der Waals surface area contributed by atoms with Crippen LogP contribution < -0.4 is 5.32 Å². The highest BCUT2D eigenvalue weighted by molar-refractivity contribution is 5.09. The fourth-order valence-corrected chi connectivity index (χ4v) is 3.38. The molecule has 1 N–H and O–H groups in total. The number of piperidine rings is 1. The second-order valence-electron chi connectivity index (χ2n) is 6.45. The third-order valence-electron chi connectivity index (χ3n) is 4.73. The number of aryl methyl sites for hydroxylation is 2. The zero-order valence-corrected chi connectivity index (χ0v) is 14.2. The minimum Gasteiger partial charge on any atom is -0.314 e. The van der Waals surface area contributed by atoms with Gasteiger partial charge in [-0.1, -0.05) is 6.92 Å². The molecule has 0 bridgehead atoms. The van der Waals surface area contributed by atoms with Gasteiger partial charge in [0.1, 0.15) is 0 Å². The van der Waals surface area contributed by atoms with Crippen molar-refractivity contribution in [3.63, 3.8) is 0 Å². The fourth-order valence-electron chi connectivity index (χ4n) is 3.38. The van der Waals surface area contributed by atoms with E-state index >= 15 is 0 Å². The molecule has 1 saturated heterocycles. The summed E-state index contributed by atoms with van der Waals surface area (Å²) in [4.78, 5) is 2.59.